The Kier molecular flexibility index (Phi) is 6.38. The van der Waals surface area contributed by atoms with Crippen LogP contribution >= 0.6 is 11.8 Å². The summed E-state index contributed by atoms with van der Waals surface area (Å²) in [5.74, 6) is 1.14. The summed E-state index contributed by atoms with van der Waals surface area (Å²) >= 11 is 1.98. The molecule has 0 atom stereocenters. The minimum atomic E-state index is 0. The van der Waals surface area contributed by atoms with E-state index in [1.165, 1.54) is 0 Å². The van der Waals surface area contributed by atoms with Gasteiger partial charge in [-0.15, -0.1) is 0 Å². The molecule has 0 aliphatic carbocycles. The topological polar surface area (TPSA) is 0 Å². The van der Waals surface area contributed by atoms with E-state index in [1.54, 1.807) is 0 Å². The van der Waals surface area contributed by atoms with Gasteiger partial charge in [-0.1, -0.05) is 34.6 Å². The first-order valence-corrected chi connectivity index (χ1v) is 4.69. The summed E-state index contributed by atoms with van der Waals surface area (Å²) < 4.78 is 0.384. The number of rotatable bonds is 2. The molecule has 0 aromatic carbocycles. The molecular formula is C9H19LiS. The van der Waals surface area contributed by atoms with Gasteiger partial charge < -0.3 is 6.92 Å². The van der Waals surface area contributed by atoms with E-state index in [-0.39, 0.29) is 24.3 Å². The smallest absolute Gasteiger partial charge is 0.337 e. The molecule has 0 amide bonds. The fourth-order valence-corrected chi connectivity index (χ4v) is 1.24. The molecule has 0 nitrogen and oxygen atoms in total. The molecule has 0 fully saturated rings. The van der Waals surface area contributed by atoms with Crippen molar-refractivity contribution in [2.75, 3.05) is 5.75 Å². The molecule has 0 saturated heterocycles. The maximum absolute atomic E-state index is 4.05. The maximum Gasteiger partial charge on any atom is 1.00 e. The molecule has 0 N–H and O–H groups in total. The van der Waals surface area contributed by atoms with Crippen molar-refractivity contribution in [1.82, 2.24) is 0 Å². The maximum atomic E-state index is 4.05. The van der Waals surface area contributed by atoms with Crippen LogP contribution in [0.5, 0.6) is 0 Å². The second-order valence-electron chi connectivity index (χ2n) is 4.57. The first kappa shape index (κ1) is 14.5. The first-order valence-electron chi connectivity index (χ1n) is 3.70. The third-order valence-electron chi connectivity index (χ3n) is 0.896. The van der Waals surface area contributed by atoms with Gasteiger partial charge in [0, 0.05) is 4.75 Å². The van der Waals surface area contributed by atoms with Crippen molar-refractivity contribution in [1.29, 1.82) is 0 Å². The average molecular weight is 166 g/mol. The molecule has 0 unspecified atom stereocenters. The molecular weight excluding hydrogens is 147 g/mol. The van der Waals surface area contributed by atoms with Crippen LogP contribution in [0.15, 0.2) is 0 Å². The van der Waals surface area contributed by atoms with Crippen molar-refractivity contribution < 1.29 is 18.9 Å². The van der Waals surface area contributed by atoms with Crippen LogP contribution in [0, 0.1) is 12.3 Å². The SMILES string of the molecule is [CH2-]C(C)(C)CSC(C)(C)C.[Li+]. The molecule has 0 bridgehead atoms. The van der Waals surface area contributed by atoms with Crippen LogP contribution in [0.1, 0.15) is 34.6 Å². The third kappa shape index (κ3) is 13.9. The van der Waals surface area contributed by atoms with E-state index in [0.717, 1.165) is 5.75 Å². The Morgan fingerprint density at radius 3 is 1.55 bits per heavy atom. The van der Waals surface area contributed by atoms with Gasteiger partial charge in [0.25, 0.3) is 0 Å². The van der Waals surface area contributed by atoms with E-state index in [0.29, 0.717) is 4.75 Å². The molecule has 0 radical (unpaired) electrons. The molecule has 11 heavy (non-hydrogen) atoms. The normalized spacial score (nSPS) is 12.5. The Balaban J connectivity index is 0. The molecule has 0 aromatic rings. The summed E-state index contributed by atoms with van der Waals surface area (Å²) in [4.78, 5) is 0. The summed E-state index contributed by atoms with van der Waals surface area (Å²) in [6.07, 6.45) is 0. The molecule has 2 heteroatoms. The number of thioether (sulfide) groups is 1. The van der Waals surface area contributed by atoms with Crippen LogP contribution in [0.3, 0.4) is 0 Å². The Labute approximate surface area is 88.1 Å². The molecule has 0 heterocycles. The molecule has 0 spiro atoms. The average Bonchev–Trinajstić information content (AvgIpc) is 1.57. The van der Waals surface area contributed by atoms with Gasteiger partial charge in [0.05, 0.1) is 0 Å². The molecule has 0 aliphatic heterocycles. The Bertz CT molecular complexity index is 83.1. The van der Waals surface area contributed by atoms with Gasteiger partial charge in [0.1, 0.15) is 0 Å². The summed E-state index contributed by atoms with van der Waals surface area (Å²) in [6.45, 7) is 15.1. The number of hydrogen-bond donors (Lipinski definition) is 0. The predicted molar refractivity (Wildman–Crippen MR) is 51.3 cm³/mol. The van der Waals surface area contributed by atoms with Crippen molar-refractivity contribution in [3.8, 4) is 0 Å². The summed E-state index contributed by atoms with van der Waals surface area (Å²) in [7, 11) is 0. The standard InChI is InChI=1S/C9H19S.Li/c1-8(2,3)7-10-9(4,5)6;/h1,7H2,2-6H3;/q-1;+1. The summed E-state index contributed by atoms with van der Waals surface area (Å²) in [5.41, 5.74) is 0.220. The van der Waals surface area contributed by atoms with Crippen molar-refractivity contribution in [2.24, 2.45) is 5.41 Å². The van der Waals surface area contributed by atoms with E-state index < -0.39 is 0 Å². The van der Waals surface area contributed by atoms with Crippen LogP contribution in [-0.2, 0) is 0 Å². The van der Waals surface area contributed by atoms with Gasteiger partial charge in [0.2, 0.25) is 0 Å². The second kappa shape index (κ2) is 4.85. The minimum absolute atomic E-state index is 0. The Morgan fingerprint density at radius 1 is 1.09 bits per heavy atom. The summed E-state index contributed by atoms with van der Waals surface area (Å²) in [5, 5.41) is 0. The molecule has 0 saturated carbocycles. The minimum Gasteiger partial charge on any atom is -0.337 e. The Morgan fingerprint density at radius 2 is 1.45 bits per heavy atom. The van der Waals surface area contributed by atoms with Crippen molar-refractivity contribution in [2.45, 2.75) is 39.4 Å². The second-order valence-corrected chi connectivity index (χ2v) is 6.37. The van der Waals surface area contributed by atoms with E-state index in [1.807, 2.05) is 11.8 Å². The first-order chi connectivity index (χ1) is 4.21. The van der Waals surface area contributed by atoms with E-state index in [2.05, 4.69) is 41.5 Å². The van der Waals surface area contributed by atoms with Crippen LogP contribution in [0.2, 0.25) is 0 Å². The molecule has 0 rings (SSSR count). The fourth-order valence-electron chi connectivity index (χ4n) is 0.412. The largest absolute Gasteiger partial charge is 1.00 e. The zero-order valence-corrected chi connectivity index (χ0v) is 9.64. The van der Waals surface area contributed by atoms with Gasteiger partial charge >= 0.3 is 18.9 Å². The monoisotopic (exact) mass is 166 g/mol. The predicted octanol–water partition coefficient (Wildman–Crippen LogP) is 0.382. The van der Waals surface area contributed by atoms with E-state index in [9.17, 15) is 0 Å². The summed E-state index contributed by atoms with van der Waals surface area (Å²) in [6, 6.07) is 0. The molecule has 0 aliphatic rings. The van der Waals surface area contributed by atoms with Crippen LogP contribution < -0.4 is 18.9 Å². The van der Waals surface area contributed by atoms with Gasteiger partial charge in [0.15, 0.2) is 0 Å². The van der Waals surface area contributed by atoms with Crippen LogP contribution in [0.25, 0.3) is 0 Å². The quantitative estimate of drug-likeness (QED) is 0.422. The molecule has 62 valence electrons. The van der Waals surface area contributed by atoms with Crippen LogP contribution in [0.4, 0.5) is 0 Å². The van der Waals surface area contributed by atoms with Crippen molar-refractivity contribution >= 4 is 11.8 Å². The zero-order chi connectivity index (χ0) is 8.41. The van der Waals surface area contributed by atoms with E-state index >= 15 is 0 Å². The fraction of sp³-hybridized carbons (Fsp3) is 0.889. The molecule has 0 aromatic heterocycles. The number of hydrogen-bond acceptors (Lipinski definition) is 1. The van der Waals surface area contributed by atoms with Gasteiger partial charge in [-0.05, 0) is 5.75 Å². The zero-order valence-electron chi connectivity index (χ0n) is 8.82. The third-order valence-corrected chi connectivity index (χ3v) is 2.69. The van der Waals surface area contributed by atoms with Crippen molar-refractivity contribution in [3.05, 3.63) is 6.92 Å². The van der Waals surface area contributed by atoms with Gasteiger partial charge in [-0.25, -0.2) is 0 Å². The van der Waals surface area contributed by atoms with Gasteiger partial charge in [-0.3, -0.25) is 0 Å². The van der Waals surface area contributed by atoms with Crippen LogP contribution in [-0.4, -0.2) is 10.5 Å². The Hall–Kier alpha value is 0.947. The van der Waals surface area contributed by atoms with Gasteiger partial charge in [-0.2, -0.15) is 17.2 Å². The van der Waals surface area contributed by atoms with Crippen molar-refractivity contribution in [3.63, 3.8) is 0 Å². The van der Waals surface area contributed by atoms with E-state index in [4.69, 9.17) is 0 Å².